The van der Waals surface area contributed by atoms with Crippen LogP contribution in [0.15, 0.2) is 36.9 Å². The molecule has 20 heavy (non-hydrogen) atoms. The minimum atomic E-state index is 0.0476. The van der Waals surface area contributed by atoms with Crippen LogP contribution in [-0.4, -0.2) is 29.7 Å². The Hall–Kier alpha value is -2.30. The number of nitrogen functional groups attached to an aromatic ring is 1. The van der Waals surface area contributed by atoms with Gasteiger partial charge in [0.15, 0.2) is 0 Å². The van der Waals surface area contributed by atoms with E-state index in [1.165, 1.54) is 17.3 Å². The molecule has 2 aromatic heterocycles. The van der Waals surface area contributed by atoms with Crippen LogP contribution in [0.4, 0.5) is 5.95 Å². The zero-order valence-corrected chi connectivity index (χ0v) is 12.2. The summed E-state index contributed by atoms with van der Waals surface area (Å²) >= 11 is 2.16. The van der Waals surface area contributed by atoms with Gasteiger partial charge < -0.3 is 10.5 Å². The molecule has 0 radical (unpaired) electrons. The van der Waals surface area contributed by atoms with Crippen LogP contribution in [0.3, 0.4) is 0 Å². The number of halogens is 1. The Morgan fingerprint density at radius 3 is 2.75 bits per heavy atom. The fourth-order valence-electron chi connectivity index (χ4n) is 1.45. The standard InChI is InChI=1S/C11H8IN7O/c12-7-3-1-2-4-8(7)20-11-17-9(13)16-10(18-11)19-6-14-5-15-19/h1-6H,(H2,13,16,17,18). The molecule has 0 saturated heterocycles. The summed E-state index contributed by atoms with van der Waals surface area (Å²) in [4.78, 5) is 15.9. The lowest BCUT2D eigenvalue weighted by Gasteiger charge is -2.07. The molecule has 3 aromatic rings. The molecule has 0 aliphatic heterocycles. The predicted molar refractivity (Wildman–Crippen MR) is 78.4 cm³/mol. The molecule has 2 N–H and O–H groups in total. The van der Waals surface area contributed by atoms with Crippen LogP contribution in [-0.2, 0) is 0 Å². The van der Waals surface area contributed by atoms with Crippen molar-refractivity contribution in [2.24, 2.45) is 0 Å². The van der Waals surface area contributed by atoms with Gasteiger partial charge in [0, 0.05) is 0 Å². The SMILES string of the molecule is Nc1nc(Oc2ccccc2I)nc(-n2cncn2)n1. The summed E-state index contributed by atoms with van der Waals surface area (Å²) in [5.74, 6) is 0.936. The first kappa shape index (κ1) is 12.7. The zero-order chi connectivity index (χ0) is 13.9. The van der Waals surface area contributed by atoms with Gasteiger partial charge in [-0.3, -0.25) is 0 Å². The van der Waals surface area contributed by atoms with Crippen LogP contribution in [0.1, 0.15) is 0 Å². The van der Waals surface area contributed by atoms with Crippen molar-refractivity contribution in [2.75, 3.05) is 5.73 Å². The van der Waals surface area contributed by atoms with Gasteiger partial charge in [0.05, 0.1) is 3.57 Å². The van der Waals surface area contributed by atoms with E-state index < -0.39 is 0 Å². The molecule has 100 valence electrons. The van der Waals surface area contributed by atoms with Gasteiger partial charge >= 0.3 is 6.01 Å². The topological polar surface area (TPSA) is 105 Å². The second-order valence-electron chi connectivity index (χ2n) is 3.65. The third kappa shape index (κ3) is 2.66. The van der Waals surface area contributed by atoms with E-state index in [2.05, 4.69) is 47.6 Å². The Bertz CT molecular complexity index is 731. The van der Waals surface area contributed by atoms with E-state index in [-0.39, 0.29) is 17.9 Å². The maximum absolute atomic E-state index is 5.65. The van der Waals surface area contributed by atoms with Crippen molar-refractivity contribution in [2.45, 2.75) is 0 Å². The molecular weight excluding hydrogens is 373 g/mol. The molecule has 9 heteroatoms. The van der Waals surface area contributed by atoms with E-state index in [0.717, 1.165) is 3.57 Å². The van der Waals surface area contributed by atoms with Gasteiger partial charge in [0.2, 0.25) is 5.95 Å². The number of nitrogens with zero attached hydrogens (tertiary/aromatic N) is 6. The maximum Gasteiger partial charge on any atom is 0.328 e. The highest BCUT2D eigenvalue weighted by Crippen LogP contribution is 2.24. The first-order valence-corrected chi connectivity index (χ1v) is 6.59. The summed E-state index contributed by atoms with van der Waals surface area (Å²) in [6.45, 7) is 0. The summed E-state index contributed by atoms with van der Waals surface area (Å²) in [7, 11) is 0. The average Bonchev–Trinajstić information content (AvgIpc) is 2.95. The fourth-order valence-corrected chi connectivity index (χ4v) is 1.94. The van der Waals surface area contributed by atoms with Gasteiger partial charge in [-0.15, -0.1) is 0 Å². The molecule has 2 heterocycles. The monoisotopic (exact) mass is 381 g/mol. The largest absolute Gasteiger partial charge is 0.423 e. The second-order valence-corrected chi connectivity index (χ2v) is 4.81. The second kappa shape index (κ2) is 5.36. The highest BCUT2D eigenvalue weighted by Gasteiger charge is 2.10. The summed E-state index contributed by atoms with van der Waals surface area (Å²) < 4.78 is 7.93. The molecule has 0 aliphatic carbocycles. The van der Waals surface area contributed by atoms with Crippen molar-refractivity contribution in [3.63, 3.8) is 0 Å². The van der Waals surface area contributed by atoms with Crippen LogP contribution in [0.25, 0.3) is 5.95 Å². The molecule has 0 bridgehead atoms. The van der Waals surface area contributed by atoms with Crippen LogP contribution in [0, 0.1) is 3.57 Å². The number of anilines is 1. The van der Waals surface area contributed by atoms with Gasteiger partial charge in [-0.2, -0.15) is 24.7 Å². The lowest BCUT2D eigenvalue weighted by molar-refractivity contribution is 0.435. The van der Waals surface area contributed by atoms with Gasteiger partial charge in [0.1, 0.15) is 18.4 Å². The molecule has 0 saturated carbocycles. The number of aromatic nitrogens is 6. The number of nitrogens with two attached hydrogens (primary N) is 1. The molecule has 0 atom stereocenters. The lowest BCUT2D eigenvalue weighted by atomic mass is 10.3. The molecule has 8 nitrogen and oxygen atoms in total. The number of benzene rings is 1. The van der Waals surface area contributed by atoms with Gasteiger partial charge in [-0.05, 0) is 34.7 Å². The van der Waals surface area contributed by atoms with Crippen molar-refractivity contribution in [1.82, 2.24) is 29.7 Å². The minimum absolute atomic E-state index is 0.0476. The van der Waals surface area contributed by atoms with E-state index in [1.54, 1.807) is 0 Å². The smallest absolute Gasteiger partial charge is 0.328 e. The Labute approximate surface area is 127 Å². The number of para-hydroxylation sites is 1. The first-order valence-electron chi connectivity index (χ1n) is 5.51. The summed E-state index contributed by atoms with van der Waals surface area (Å²) in [6, 6.07) is 7.61. The van der Waals surface area contributed by atoms with Crippen molar-refractivity contribution in [3.8, 4) is 17.7 Å². The maximum atomic E-state index is 5.65. The quantitative estimate of drug-likeness (QED) is 0.685. The highest BCUT2D eigenvalue weighted by molar-refractivity contribution is 14.1. The highest BCUT2D eigenvalue weighted by atomic mass is 127. The molecule has 3 rings (SSSR count). The van der Waals surface area contributed by atoms with Crippen LogP contribution in [0.5, 0.6) is 11.8 Å². The van der Waals surface area contributed by atoms with Crippen LogP contribution in [0.2, 0.25) is 0 Å². The van der Waals surface area contributed by atoms with Crippen molar-refractivity contribution < 1.29 is 4.74 Å². The number of ether oxygens (including phenoxy) is 1. The van der Waals surface area contributed by atoms with Crippen molar-refractivity contribution in [3.05, 3.63) is 40.5 Å². The molecule has 0 unspecified atom stereocenters. The Morgan fingerprint density at radius 1 is 1.15 bits per heavy atom. The third-order valence-corrected chi connectivity index (χ3v) is 3.17. The van der Waals surface area contributed by atoms with E-state index in [4.69, 9.17) is 10.5 Å². The van der Waals surface area contributed by atoms with E-state index in [9.17, 15) is 0 Å². The van der Waals surface area contributed by atoms with E-state index in [1.807, 2.05) is 24.3 Å². The first-order chi connectivity index (χ1) is 9.72. The van der Waals surface area contributed by atoms with Crippen LogP contribution >= 0.6 is 22.6 Å². The normalized spacial score (nSPS) is 10.4. The third-order valence-electron chi connectivity index (χ3n) is 2.28. The van der Waals surface area contributed by atoms with E-state index >= 15 is 0 Å². The lowest BCUT2D eigenvalue weighted by Crippen LogP contribution is -2.08. The predicted octanol–water partition coefficient (Wildman–Crippen LogP) is 1.43. The summed E-state index contributed by atoms with van der Waals surface area (Å²) in [6.07, 6.45) is 2.84. The molecule has 0 aliphatic rings. The molecular formula is C11H8IN7O. The van der Waals surface area contributed by atoms with Gasteiger partial charge in [-0.1, -0.05) is 12.1 Å². The Balaban J connectivity index is 1.97. The minimum Gasteiger partial charge on any atom is -0.423 e. The molecule has 0 amide bonds. The molecule has 1 aromatic carbocycles. The van der Waals surface area contributed by atoms with Crippen molar-refractivity contribution in [1.29, 1.82) is 0 Å². The van der Waals surface area contributed by atoms with Crippen LogP contribution < -0.4 is 10.5 Å². The average molecular weight is 381 g/mol. The summed E-state index contributed by atoms with van der Waals surface area (Å²) in [5.41, 5.74) is 5.65. The summed E-state index contributed by atoms with van der Waals surface area (Å²) in [5, 5.41) is 3.93. The Kier molecular flexibility index (Phi) is 3.41. The molecule has 0 spiro atoms. The molecule has 0 fully saturated rings. The van der Waals surface area contributed by atoms with E-state index in [0.29, 0.717) is 5.75 Å². The number of hydrogen-bond donors (Lipinski definition) is 1. The van der Waals surface area contributed by atoms with Gasteiger partial charge in [0.25, 0.3) is 5.95 Å². The van der Waals surface area contributed by atoms with Gasteiger partial charge in [-0.25, -0.2) is 4.98 Å². The zero-order valence-electron chi connectivity index (χ0n) is 10.0. The number of rotatable bonds is 3. The Morgan fingerprint density at radius 2 is 2.00 bits per heavy atom. The fraction of sp³-hybridized carbons (Fsp3) is 0. The van der Waals surface area contributed by atoms with Crippen molar-refractivity contribution >= 4 is 28.5 Å². The number of hydrogen-bond acceptors (Lipinski definition) is 7.